The number of benzene rings is 2. The molecule has 2 amide bonds. The lowest BCUT2D eigenvalue weighted by atomic mass is 10.1. The van der Waals surface area contributed by atoms with E-state index in [1.165, 1.54) is 6.07 Å². The van der Waals surface area contributed by atoms with Crippen molar-refractivity contribution < 1.29 is 31.5 Å². The topological polar surface area (TPSA) is 70.2 Å². The molecule has 0 aliphatic heterocycles. The van der Waals surface area contributed by atoms with Gasteiger partial charge in [0, 0.05) is 29.0 Å². The Hall–Kier alpha value is -3.17. The van der Waals surface area contributed by atoms with Crippen LogP contribution in [0.5, 0.6) is 0 Å². The molecule has 1 saturated carbocycles. The van der Waals surface area contributed by atoms with Crippen molar-refractivity contribution in [1.82, 2.24) is 0 Å². The first-order valence-electron chi connectivity index (χ1n) is 8.64. The van der Waals surface area contributed by atoms with Gasteiger partial charge in [-0.15, -0.1) is 0 Å². The van der Waals surface area contributed by atoms with E-state index in [1.54, 1.807) is 0 Å². The molecule has 2 aromatic rings. The lowest BCUT2D eigenvalue weighted by Crippen LogP contribution is -2.23. The first-order valence-corrected chi connectivity index (χ1v) is 8.64. The summed E-state index contributed by atoms with van der Waals surface area (Å²) in [6.07, 6.45) is -3.30. The average molecular weight is 413 g/mol. The fourth-order valence-electron chi connectivity index (χ4n) is 2.56. The van der Waals surface area contributed by atoms with Crippen molar-refractivity contribution in [1.29, 1.82) is 0 Å². The highest BCUT2D eigenvalue weighted by molar-refractivity contribution is 5.95. The Labute approximate surface area is 162 Å². The number of hydrogen-bond acceptors (Lipinski definition) is 3. The minimum absolute atomic E-state index is 0.00557. The van der Waals surface area contributed by atoms with E-state index in [1.807, 2.05) is 0 Å². The predicted octanol–water partition coefficient (Wildman–Crippen LogP) is 4.38. The number of nitrogens with one attached hydrogen (secondary N) is 3. The van der Waals surface area contributed by atoms with Gasteiger partial charge in [-0.2, -0.15) is 13.2 Å². The Morgan fingerprint density at radius 1 is 0.931 bits per heavy atom. The third-order valence-electron chi connectivity index (χ3n) is 4.18. The zero-order valence-electron chi connectivity index (χ0n) is 14.9. The number of anilines is 3. The molecule has 3 N–H and O–H groups in total. The van der Waals surface area contributed by atoms with Crippen LogP contribution in [0.4, 0.5) is 39.0 Å². The van der Waals surface area contributed by atoms with Crippen LogP contribution in [0, 0.1) is 17.6 Å². The van der Waals surface area contributed by atoms with Crippen molar-refractivity contribution in [2.24, 2.45) is 5.92 Å². The Balaban J connectivity index is 1.67. The molecular formula is C19H16F5N3O2. The highest BCUT2D eigenvalue weighted by Gasteiger charge is 2.35. The van der Waals surface area contributed by atoms with Crippen molar-refractivity contribution in [3.63, 3.8) is 0 Å². The van der Waals surface area contributed by atoms with Crippen LogP contribution in [-0.4, -0.2) is 18.4 Å². The second-order valence-corrected chi connectivity index (χ2v) is 6.55. The van der Waals surface area contributed by atoms with Crippen molar-refractivity contribution in [3.8, 4) is 0 Å². The maximum atomic E-state index is 13.4. The van der Waals surface area contributed by atoms with Gasteiger partial charge >= 0.3 is 6.18 Å². The number of alkyl halides is 3. The summed E-state index contributed by atoms with van der Waals surface area (Å²) in [6.45, 7) is -0.546. The van der Waals surface area contributed by atoms with E-state index < -0.39 is 35.8 Å². The molecule has 1 fully saturated rings. The summed E-state index contributed by atoms with van der Waals surface area (Å²) < 4.78 is 66.1. The minimum atomic E-state index is -4.72. The fraction of sp³-hybridized carbons (Fsp3) is 0.263. The normalized spacial score (nSPS) is 13.7. The summed E-state index contributed by atoms with van der Waals surface area (Å²) in [6, 6.07) is 5.88. The SMILES string of the molecule is O=C(CNc1ccc(NC(=O)C2CC2)cc1C(F)(F)F)Nc1ccc(F)c(F)c1. The molecule has 0 heterocycles. The molecule has 1 aliphatic rings. The van der Waals surface area contributed by atoms with E-state index in [4.69, 9.17) is 0 Å². The maximum Gasteiger partial charge on any atom is 0.418 e. The molecule has 5 nitrogen and oxygen atoms in total. The third-order valence-corrected chi connectivity index (χ3v) is 4.18. The monoisotopic (exact) mass is 413 g/mol. The summed E-state index contributed by atoms with van der Waals surface area (Å²) in [5, 5.41) is 7.06. The number of hydrogen-bond donors (Lipinski definition) is 3. The van der Waals surface area contributed by atoms with Gasteiger partial charge in [-0.3, -0.25) is 9.59 Å². The van der Waals surface area contributed by atoms with Crippen LogP contribution < -0.4 is 16.0 Å². The molecule has 29 heavy (non-hydrogen) atoms. The number of carbonyl (C=O) groups excluding carboxylic acids is 2. The van der Waals surface area contributed by atoms with Crippen molar-refractivity contribution in [2.45, 2.75) is 19.0 Å². The van der Waals surface area contributed by atoms with Crippen LogP contribution in [0.1, 0.15) is 18.4 Å². The second kappa shape index (κ2) is 8.06. The quantitative estimate of drug-likeness (QED) is 0.616. The van der Waals surface area contributed by atoms with Crippen LogP contribution >= 0.6 is 0 Å². The number of halogens is 5. The van der Waals surface area contributed by atoms with Gasteiger partial charge in [0.1, 0.15) is 0 Å². The molecule has 1 aliphatic carbocycles. The molecule has 154 valence electrons. The van der Waals surface area contributed by atoms with Crippen molar-refractivity contribution in [3.05, 3.63) is 53.6 Å². The van der Waals surface area contributed by atoms with Crippen LogP contribution in [0.3, 0.4) is 0 Å². The Bertz CT molecular complexity index is 942. The predicted molar refractivity (Wildman–Crippen MR) is 96.3 cm³/mol. The van der Waals surface area contributed by atoms with Gasteiger partial charge in [0.05, 0.1) is 12.1 Å². The van der Waals surface area contributed by atoms with E-state index in [2.05, 4.69) is 16.0 Å². The zero-order chi connectivity index (χ0) is 21.2. The lowest BCUT2D eigenvalue weighted by Gasteiger charge is -2.16. The zero-order valence-corrected chi connectivity index (χ0v) is 14.9. The van der Waals surface area contributed by atoms with Gasteiger partial charge in [-0.25, -0.2) is 8.78 Å². The van der Waals surface area contributed by atoms with Gasteiger partial charge in [-0.05, 0) is 43.2 Å². The maximum absolute atomic E-state index is 13.4. The van der Waals surface area contributed by atoms with Crippen LogP contribution in [0.15, 0.2) is 36.4 Å². The minimum Gasteiger partial charge on any atom is -0.376 e. The highest BCUT2D eigenvalue weighted by Crippen LogP contribution is 2.37. The number of carbonyl (C=O) groups is 2. The summed E-state index contributed by atoms with van der Waals surface area (Å²) in [5.74, 6) is -3.51. The molecule has 2 aromatic carbocycles. The largest absolute Gasteiger partial charge is 0.418 e. The van der Waals surface area contributed by atoms with Crippen LogP contribution in [0.2, 0.25) is 0 Å². The van der Waals surface area contributed by atoms with Gasteiger partial charge in [0.2, 0.25) is 11.8 Å². The second-order valence-electron chi connectivity index (χ2n) is 6.55. The van der Waals surface area contributed by atoms with E-state index in [0.717, 1.165) is 30.3 Å². The highest BCUT2D eigenvalue weighted by atomic mass is 19.4. The molecular weight excluding hydrogens is 397 g/mol. The standard InChI is InChI=1S/C19H16F5N3O2/c20-14-5-3-12(8-15(14)21)26-17(28)9-25-16-6-4-11(7-13(16)19(22,23)24)27-18(29)10-1-2-10/h3-8,10,25H,1-2,9H2,(H,26,28)(H,27,29). The average Bonchev–Trinajstić information content (AvgIpc) is 3.48. The molecule has 0 spiro atoms. The molecule has 0 bridgehead atoms. The summed E-state index contributed by atoms with van der Waals surface area (Å²) in [5.41, 5.74) is -1.44. The van der Waals surface area contributed by atoms with Crippen molar-refractivity contribution >= 4 is 28.9 Å². The molecule has 0 unspecified atom stereocenters. The number of amides is 2. The third kappa shape index (κ3) is 5.43. The van der Waals surface area contributed by atoms with Gasteiger partial charge in [-0.1, -0.05) is 0 Å². The molecule has 0 radical (unpaired) electrons. The molecule has 0 atom stereocenters. The van der Waals surface area contributed by atoms with Crippen LogP contribution in [-0.2, 0) is 15.8 Å². The Kier molecular flexibility index (Phi) is 5.71. The van der Waals surface area contributed by atoms with Crippen molar-refractivity contribution in [2.75, 3.05) is 22.5 Å². The van der Waals surface area contributed by atoms with Gasteiger partial charge in [0.25, 0.3) is 0 Å². The first kappa shape index (κ1) is 20.6. The number of rotatable bonds is 6. The first-order chi connectivity index (χ1) is 13.6. The lowest BCUT2D eigenvalue weighted by molar-refractivity contribution is -0.137. The summed E-state index contributed by atoms with van der Waals surface area (Å²) in [7, 11) is 0. The smallest absolute Gasteiger partial charge is 0.376 e. The van der Waals surface area contributed by atoms with E-state index >= 15 is 0 Å². The van der Waals surface area contributed by atoms with Crippen LogP contribution in [0.25, 0.3) is 0 Å². The Morgan fingerprint density at radius 2 is 1.59 bits per heavy atom. The van der Waals surface area contributed by atoms with Gasteiger partial charge in [0.15, 0.2) is 11.6 Å². The Morgan fingerprint density at radius 3 is 2.21 bits per heavy atom. The molecule has 3 rings (SSSR count). The molecule has 0 aromatic heterocycles. The summed E-state index contributed by atoms with van der Waals surface area (Å²) >= 11 is 0. The molecule has 0 saturated heterocycles. The van der Waals surface area contributed by atoms with E-state index in [0.29, 0.717) is 12.8 Å². The van der Waals surface area contributed by atoms with E-state index in [9.17, 15) is 31.5 Å². The fourth-order valence-corrected chi connectivity index (χ4v) is 2.56. The van der Waals surface area contributed by atoms with Gasteiger partial charge < -0.3 is 16.0 Å². The summed E-state index contributed by atoms with van der Waals surface area (Å²) in [4.78, 5) is 23.7. The van der Waals surface area contributed by atoms with E-state index in [-0.39, 0.29) is 28.9 Å². The molecule has 10 heteroatoms.